The molecule has 0 aromatic heterocycles. The molecule has 0 saturated carbocycles. The number of anilines is 1. The third-order valence-electron chi connectivity index (χ3n) is 4.84. The number of nitrogens with zero attached hydrogens (tertiary/aromatic N) is 3. The summed E-state index contributed by atoms with van der Waals surface area (Å²) in [5, 5.41) is 9.10. The first-order valence-corrected chi connectivity index (χ1v) is 9.26. The van der Waals surface area contributed by atoms with Crippen LogP contribution in [0.5, 0.6) is 0 Å². The molecule has 3 amide bonds. The summed E-state index contributed by atoms with van der Waals surface area (Å²) in [6, 6.07) is 16.0. The molecular weight excluding hydrogens is 374 g/mol. The summed E-state index contributed by atoms with van der Waals surface area (Å²) in [6.45, 7) is 1.59. The lowest BCUT2D eigenvalue weighted by molar-refractivity contribution is 0.0600. The van der Waals surface area contributed by atoms with E-state index in [1.165, 1.54) is 12.0 Å². The molecule has 1 aliphatic heterocycles. The fourth-order valence-corrected chi connectivity index (χ4v) is 3.18. The quantitative estimate of drug-likeness (QED) is 0.801. The van der Waals surface area contributed by atoms with Crippen LogP contribution >= 0.6 is 0 Å². The van der Waals surface area contributed by atoms with Crippen molar-refractivity contribution in [2.75, 3.05) is 38.2 Å². The molecular formula is C21H23N3O5. The van der Waals surface area contributed by atoms with Crippen molar-refractivity contribution in [1.82, 2.24) is 9.80 Å². The van der Waals surface area contributed by atoms with E-state index in [-0.39, 0.29) is 19.1 Å². The number of methoxy groups -OCH3 is 1. The fraction of sp³-hybridized carbons (Fsp3) is 0.286. The van der Waals surface area contributed by atoms with E-state index in [4.69, 9.17) is 9.84 Å². The highest BCUT2D eigenvalue weighted by Gasteiger charge is 2.28. The molecule has 1 N–H and O–H groups in total. The SMILES string of the molecule is COC(=O)c1ccc(CN(C(=O)N2CCN(C(=O)O)CC2)c2ccccc2)cc1. The molecule has 1 aliphatic rings. The van der Waals surface area contributed by atoms with Crippen molar-refractivity contribution in [3.63, 3.8) is 0 Å². The van der Waals surface area contributed by atoms with Gasteiger partial charge in [-0.05, 0) is 29.8 Å². The number of piperazine rings is 1. The van der Waals surface area contributed by atoms with Crippen molar-refractivity contribution in [2.45, 2.75) is 6.54 Å². The molecule has 1 saturated heterocycles. The van der Waals surface area contributed by atoms with Crippen LogP contribution in [0, 0.1) is 0 Å². The molecule has 8 nitrogen and oxygen atoms in total. The number of benzene rings is 2. The van der Waals surface area contributed by atoms with Gasteiger partial charge in [0.05, 0.1) is 19.2 Å². The number of esters is 1. The van der Waals surface area contributed by atoms with Crippen molar-refractivity contribution in [2.24, 2.45) is 0 Å². The first-order chi connectivity index (χ1) is 14.0. The third kappa shape index (κ3) is 4.84. The first kappa shape index (κ1) is 20.2. The number of amides is 3. The first-order valence-electron chi connectivity index (χ1n) is 9.26. The van der Waals surface area contributed by atoms with Crippen LogP contribution in [0.1, 0.15) is 15.9 Å². The monoisotopic (exact) mass is 397 g/mol. The summed E-state index contributed by atoms with van der Waals surface area (Å²) < 4.78 is 4.71. The summed E-state index contributed by atoms with van der Waals surface area (Å²) in [5.74, 6) is -0.413. The third-order valence-corrected chi connectivity index (χ3v) is 4.84. The summed E-state index contributed by atoms with van der Waals surface area (Å²) in [4.78, 5) is 40.6. The molecule has 0 bridgehead atoms. The average molecular weight is 397 g/mol. The standard InChI is InChI=1S/C21H23N3O5/c1-29-19(25)17-9-7-16(8-10-17)15-24(18-5-3-2-4-6-18)20(26)22-11-13-23(14-12-22)21(27)28/h2-10H,11-15H2,1H3,(H,27,28). The van der Waals surface area contributed by atoms with Gasteiger partial charge in [0.25, 0.3) is 0 Å². The highest BCUT2D eigenvalue weighted by Crippen LogP contribution is 2.20. The maximum absolute atomic E-state index is 13.2. The summed E-state index contributed by atoms with van der Waals surface area (Å²) in [7, 11) is 1.33. The maximum Gasteiger partial charge on any atom is 0.407 e. The summed E-state index contributed by atoms with van der Waals surface area (Å²) in [5.41, 5.74) is 2.05. The molecule has 0 unspecified atom stereocenters. The van der Waals surface area contributed by atoms with E-state index in [2.05, 4.69) is 0 Å². The number of carbonyl (C=O) groups is 3. The summed E-state index contributed by atoms with van der Waals surface area (Å²) in [6.07, 6.45) is -0.970. The number of para-hydroxylation sites is 1. The smallest absolute Gasteiger partial charge is 0.407 e. The second-order valence-electron chi connectivity index (χ2n) is 6.65. The molecule has 0 spiro atoms. The van der Waals surface area contributed by atoms with Gasteiger partial charge in [-0.3, -0.25) is 4.90 Å². The highest BCUT2D eigenvalue weighted by atomic mass is 16.5. The van der Waals surface area contributed by atoms with Crippen LogP contribution < -0.4 is 4.90 Å². The number of carboxylic acid groups (broad SMARTS) is 1. The van der Waals surface area contributed by atoms with Crippen LogP contribution in [0.3, 0.4) is 0 Å². The van der Waals surface area contributed by atoms with Crippen molar-refractivity contribution < 1.29 is 24.2 Å². The Kier molecular flexibility index (Phi) is 6.33. The van der Waals surface area contributed by atoms with E-state index < -0.39 is 12.1 Å². The van der Waals surface area contributed by atoms with Gasteiger partial charge in [-0.15, -0.1) is 0 Å². The largest absolute Gasteiger partial charge is 0.465 e. The van der Waals surface area contributed by atoms with Gasteiger partial charge in [-0.1, -0.05) is 30.3 Å². The molecule has 8 heteroatoms. The van der Waals surface area contributed by atoms with Crippen LogP contribution in [-0.4, -0.2) is 66.3 Å². The Morgan fingerprint density at radius 1 is 0.931 bits per heavy atom. The van der Waals surface area contributed by atoms with Gasteiger partial charge < -0.3 is 19.6 Å². The van der Waals surface area contributed by atoms with E-state index in [0.717, 1.165) is 11.3 Å². The number of ether oxygens (including phenoxy) is 1. The Labute approximate surface area is 168 Å². The summed E-state index contributed by atoms with van der Waals surface area (Å²) >= 11 is 0. The average Bonchev–Trinajstić information content (AvgIpc) is 2.77. The van der Waals surface area contributed by atoms with Gasteiger partial charge in [0.1, 0.15) is 0 Å². The van der Waals surface area contributed by atoms with E-state index in [1.54, 1.807) is 34.1 Å². The van der Waals surface area contributed by atoms with Crippen molar-refractivity contribution >= 4 is 23.8 Å². The molecule has 0 aliphatic carbocycles. The number of hydrogen-bond donors (Lipinski definition) is 1. The van der Waals surface area contributed by atoms with Crippen molar-refractivity contribution in [1.29, 1.82) is 0 Å². The fourth-order valence-electron chi connectivity index (χ4n) is 3.18. The molecule has 3 rings (SSSR count). The molecule has 1 heterocycles. The Bertz CT molecular complexity index is 862. The van der Waals surface area contributed by atoms with Crippen LogP contribution in [-0.2, 0) is 11.3 Å². The van der Waals surface area contributed by atoms with E-state index in [1.807, 2.05) is 30.3 Å². The van der Waals surface area contributed by atoms with Crippen LogP contribution in [0.2, 0.25) is 0 Å². The molecule has 2 aromatic rings. The van der Waals surface area contributed by atoms with Crippen molar-refractivity contribution in [3.05, 3.63) is 65.7 Å². The van der Waals surface area contributed by atoms with Gasteiger partial charge in [0.2, 0.25) is 0 Å². The molecule has 152 valence electrons. The van der Waals surface area contributed by atoms with Gasteiger partial charge >= 0.3 is 18.1 Å². The molecule has 29 heavy (non-hydrogen) atoms. The Hall–Kier alpha value is -3.55. The maximum atomic E-state index is 13.2. The van der Waals surface area contributed by atoms with Gasteiger partial charge in [0.15, 0.2) is 0 Å². The zero-order chi connectivity index (χ0) is 20.8. The predicted molar refractivity (Wildman–Crippen MR) is 107 cm³/mol. The topological polar surface area (TPSA) is 90.4 Å². The Morgan fingerprint density at radius 3 is 2.07 bits per heavy atom. The number of urea groups is 1. The lowest BCUT2D eigenvalue weighted by atomic mass is 10.1. The van der Waals surface area contributed by atoms with Gasteiger partial charge in [-0.2, -0.15) is 0 Å². The molecule has 0 radical (unpaired) electrons. The van der Waals surface area contributed by atoms with E-state index in [0.29, 0.717) is 25.2 Å². The minimum Gasteiger partial charge on any atom is -0.465 e. The zero-order valence-electron chi connectivity index (χ0n) is 16.2. The zero-order valence-corrected chi connectivity index (χ0v) is 16.2. The number of rotatable bonds is 4. The Balaban J connectivity index is 1.78. The van der Waals surface area contributed by atoms with Crippen LogP contribution in [0.25, 0.3) is 0 Å². The normalized spacial score (nSPS) is 13.7. The highest BCUT2D eigenvalue weighted by molar-refractivity contribution is 5.92. The van der Waals surface area contributed by atoms with E-state index in [9.17, 15) is 14.4 Å². The van der Waals surface area contributed by atoms with Crippen molar-refractivity contribution in [3.8, 4) is 0 Å². The van der Waals surface area contributed by atoms with Crippen LogP contribution in [0.15, 0.2) is 54.6 Å². The van der Waals surface area contributed by atoms with Crippen LogP contribution in [0.4, 0.5) is 15.3 Å². The lowest BCUT2D eigenvalue weighted by Crippen LogP contribution is -2.53. The second kappa shape index (κ2) is 9.09. The number of carbonyl (C=O) groups excluding carboxylic acids is 2. The molecule has 0 atom stereocenters. The van der Waals surface area contributed by atoms with Gasteiger partial charge in [-0.25, -0.2) is 14.4 Å². The molecule has 1 fully saturated rings. The minimum absolute atomic E-state index is 0.182. The number of hydrogen-bond acceptors (Lipinski definition) is 4. The van der Waals surface area contributed by atoms with E-state index >= 15 is 0 Å². The molecule has 2 aromatic carbocycles. The second-order valence-corrected chi connectivity index (χ2v) is 6.65. The minimum atomic E-state index is -0.970. The van der Waals surface area contributed by atoms with Gasteiger partial charge in [0, 0.05) is 31.9 Å². The predicted octanol–water partition coefficient (Wildman–Crippen LogP) is 2.90. The lowest BCUT2D eigenvalue weighted by Gasteiger charge is -2.36. The Morgan fingerprint density at radius 2 is 1.52 bits per heavy atom.